The number of unbranched alkanes of at least 4 members (excludes halogenated alkanes) is 9. The van der Waals surface area contributed by atoms with Gasteiger partial charge in [0.25, 0.3) is 11.8 Å². The maximum atomic E-state index is 14.1. The first-order valence-electron chi connectivity index (χ1n) is 20.8. The molecule has 0 radical (unpaired) electrons. The molecule has 332 valence electrons. The highest BCUT2D eigenvalue weighted by atomic mass is 35.5. The fourth-order valence-electron chi connectivity index (χ4n) is 6.85. The van der Waals surface area contributed by atoms with Gasteiger partial charge in [0.1, 0.15) is 34.4 Å². The molecule has 12 nitrogen and oxygen atoms in total. The number of aliphatic imine (C=N–C) groups is 1. The number of benzene rings is 4. The lowest BCUT2D eigenvalue weighted by Gasteiger charge is -2.23. The van der Waals surface area contributed by atoms with Crippen molar-refractivity contribution in [1.82, 2.24) is 5.43 Å². The minimum atomic E-state index is -1.38. The van der Waals surface area contributed by atoms with E-state index in [-0.39, 0.29) is 65.8 Å². The Morgan fingerprint density at radius 2 is 1.45 bits per heavy atom. The summed E-state index contributed by atoms with van der Waals surface area (Å²) >= 11 is 25.9. The Bertz CT molecular complexity index is 2240. The largest absolute Gasteiger partial charge is 0.508 e. The van der Waals surface area contributed by atoms with E-state index in [4.69, 9.17) is 55.9 Å². The van der Waals surface area contributed by atoms with Crippen molar-refractivity contribution >= 4 is 86.8 Å². The second-order valence-corrected chi connectivity index (χ2v) is 17.8. The maximum Gasteiger partial charge on any atom is 0.280 e. The summed E-state index contributed by atoms with van der Waals surface area (Å²) in [5, 5.41) is 34.2. The summed E-state index contributed by atoms with van der Waals surface area (Å²) in [6, 6.07) is 15.7. The van der Waals surface area contributed by atoms with Crippen molar-refractivity contribution in [1.29, 1.82) is 0 Å². The average molecular weight is 929 g/mol. The second kappa shape index (κ2) is 22.6. The van der Waals surface area contributed by atoms with Gasteiger partial charge in [0.05, 0.1) is 27.9 Å². The lowest BCUT2D eigenvalue weighted by molar-refractivity contribution is -0.123. The van der Waals surface area contributed by atoms with Crippen LogP contribution >= 0.6 is 46.4 Å². The van der Waals surface area contributed by atoms with Gasteiger partial charge in [-0.25, -0.2) is 10.0 Å². The Labute approximate surface area is 383 Å². The smallest absolute Gasteiger partial charge is 0.280 e. The minimum Gasteiger partial charge on any atom is -0.508 e. The van der Waals surface area contributed by atoms with Gasteiger partial charge in [-0.3, -0.25) is 15.0 Å². The van der Waals surface area contributed by atoms with Crippen LogP contribution in [0.1, 0.15) is 104 Å². The molecule has 4 aromatic rings. The molecule has 0 bridgehead atoms. The van der Waals surface area contributed by atoms with Crippen molar-refractivity contribution in [2.75, 3.05) is 17.4 Å². The summed E-state index contributed by atoms with van der Waals surface area (Å²) in [7, 11) is 1.46. The molecular weight excluding hydrogens is 874 g/mol. The fraction of sp³-hybridized carbons (Fsp3) is 0.413. The predicted octanol–water partition coefficient (Wildman–Crippen LogP) is 13.4. The predicted molar refractivity (Wildman–Crippen MR) is 250 cm³/mol. The minimum absolute atomic E-state index is 0.0108. The molecule has 1 heterocycles. The average Bonchev–Trinajstić information content (AvgIpc) is 3.51. The molecule has 0 aromatic heterocycles. The number of rotatable bonds is 20. The molecule has 2 amide bonds. The Balaban J connectivity index is 1.40. The standard InChI is InChI=1S/C46H54Cl4N6O6/c1-6-7-8-9-10-11-12-13-14-15-16-40(62-31-19-22-38(57)32(26-31)46(2,3)4)44(59)51-29-17-20-33(48)37(25-29)52-43-41(54-53-36-21-18-30(61-5)27-39(36)58)45(60)56(55-43)42-34(49)23-28(47)24-35(42)50/h17-27,40-41,57-58H,6-16H2,1-5H3,(H,51,59)(H,52,55). The lowest BCUT2D eigenvalue weighted by atomic mass is 9.86. The van der Waals surface area contributed by atoms with E-state index in [1.165, 1.54) is 69.9 Å². The number of carbonyl (C=O) groups is 2. The number of nitrogens with one attached hydrogen (secondary N) is 2. The molecule has 2 unspecified atom stereocenters. The van der Waals surface area contributed by atoms with E-state index in [2.05, 4.69) is 32.9 Å². The van der Waals surface area contributed by atoms with E-state index in [0.717, 1.165) is 30.7 Å². The molecule has 1 aliphatic heterocycles. The van der Waals surface area contributed by atoms with Crippen molar-refractivity contribution in [3.05, 3.63) is 92.4 Å². The summed E-state index contributed by atoms with van der Waals surface area (Å²) in [6.07, 6.45) is 11.1. The van der Waals surface area contributed by atoms with E-state index in [0.29, 0.717) is 29.2 Å². The third-order valence-electron chi connectivity index (χ3n) is 10.2. The Morgan fingerprint density at radius 1 is 0.806 bits per heavy atom. The van der Waals surface area contributed by atoms with Gasteiger partial charge in [-0.15, -0.1) is 0 Å². The number of carbonyl (C=O) groups excluding carboxylic acids is 2. The van der Waals surface area contributed by atoms with Crippen molar-refractivity contribution < 1.29 is 29.3 Å². The summed E-state index contributed by atoms with van der Waals surface area (Å²) in [4.78, 5) is 32.8. The van der Waals surface area contributed by atoms with Crippen molar-refractivity contribution in [2.24, 2.45) is 15.2 Å². The second-order valence-electron chi connectivity index (χ2n) is 16.1. The van der Waals surface area contributed by atoms with E-state index >= 15 is 0 Å². The first kappa shape index (κ1) is 48.3. The van der Waals surface area contributed by atoms with E-state index in [9.17, 15) is 19.8 Å². The number of hydrogen-bond acceptors (Lipinski definition) is 9. The molecule has 2 atom stereocenters. The molecule has 4 N–H and O–H groups in total. The SMILES string of the molecule is CCCCCCCCCCCCC(Oc1ccc(O)c(C(C)(C)C)c1)C(=O)Nc1ccc(Cl)c(N=C2NN(c3c(Cl)cc(Cl)cc3Cl)C(=O)C2N=Nc2ccc(OC)cc2O)c1. The van der Waals surface area contributed by atoms with Crippen LogP contribution in [0.3, 0.4) is 0 Å². The summed E-state index contributed by atoms with van der Waals surface area (Å²) in [5.41, 5.74) is 3.99. The number of nitrogens with zero attached hydrogens (tertiary/aromatic N) is 4. The zero-order valence-electron chi connectivity index (χ0n) is 35.6. The van der Waals surface area contributed by atoms with Crippen molar-refractivity contribution in [3.63, 3.8) is 0 Å². The normalized spacial score (nSPS) is 15.3. The number of hydrazine groups is 1. The highest BCUT2D eigenvalue weighted by Gasteiger charge is 2.41. The number of phenols is 2. The molecule has 5 rings (SSSR count). The van der Waals surface area contributed by atoms with Gasteiger partial charge in [-0.2, -0.15) is 10.2 Å². The van der Waals surface area contributed by atoms with Crippen LogP contribution in [0.2, 0.25) is 20.1 Å². The van der Waals surface area contributed by atoms with Crippen LogP contribution in [0.15, 0.2) is 82.0 Å². The van der Waals surface area contributed by atoms with Crippen LogP contribution in [0.5, 0.6) is 23.0 Å². The van der Waals surface area contributed by atoms with E-state index < -0.39 is 18.1 Å². The van der Waals surface area contributed by atoms with Crippen LogP contribution < -0.4 is 25.2 Å². The molecule has 1 fully saturated rings. The summed E-state index contributed by atoms with van der Waals surface area (Å²) in [5.74, 6) is -0.258. The lowest BCUT2D eigenvalue weighted by Crippen LogP contribution is -2.36. The van der Waals surface area contributed by atoms with Gasteiger partial charge in [-0.05, 0) is 78.9 Å². The van der Waals surface area contributed by atoms with Crippen LogP contribution in [0.25, 0.3) is 0 Å². The van der Waals surface area contributed by atoms with Crippen molar-refractivity contribution in [2.45, 2.75) is 116 Å². The van der Waals surface area contributed by atoms with Gasteiger partial charge in [-0.1, -0.05) is 132 Å². The third kappa shape index (κ3) is 13.1. The van der Waals surface area contributed by atoms with Gasteiger partial charge in [0.2, 0.25) is 6.04 Å². The zero-order valence-corrected chi connectivity index (χ0v) is 38.6. The Morgan fingerprint density at radius 3 is 2.08 bits per heavy atom. The number of ether oxygens (including phenoxy) is 2. The number of anilines is 2. The first-order valence-corrected chi connectivity index (χ1v) is 22.3. The number of phenolic OH excluding ortho intramolecular Hbond substituents is 2. The molecule has 16 heteroatoms. The topological polar surface area (TPSA) is 157 Å². The van der Waals surface area contributed by atoms with Crippen LogP contribution in [-0.2, 0) is 15.0 Å². The molecule has 0 aliphatic carbocycles. The molecule has 1 aliphatic rings. The van der Waals surface area contributed by atoms with E-state index in [1.54, 1.807) is 42.5 Å². The summed E-state index contributed by atoms with van der Waals surface area (Å²) < 4.78 is 11.5. The number of methoxy groups -OCH3 is 1. The van der Waals surface area contributed by atoms with Gasteiger partial charge in [0.15, 0.2) is 11.9 Å². The monoisotopic (exact) mass is 926 g/mol. The molecule has 0 saturated carbocycles. The third-order valence-corrected chi connectivity index (χ3v) is 11.3. The quantitative estimate of drug-likeness (QED) is 0.0507. The van der Waals surface area contributed by atoms with Gasteiger partial charge >= 0.3 is 0 Å². The molecular formula is C46H54Cl4N6O6. The van der Waals surface area contributed by atoms with Crippen molar-refractivity contribution in [3.8, 4) is 23.0 Å². The molecule has 4 aromatic carbocycles. The molecule has 62 heavy (non-hydrogen) atoms. The van der Waals surface area contributed by atoms with Crippen LogP contribution in [-0.4, -0.2) is 47.1 Å². The number of amides is 2. The maximum absolute atomic E-state index is 14.1. The first-order chi connectivity index (χ1) is 29.6. The van der Waals surface area contributed by atoms with E-state index in [1.807, 2.05) is 20.8 Å². The Hall–Kier alpha value is -4.75. The molecule has 0 spiro atoms. The Kier molecular flexibility index (Phi) is 17.6. The highest BCUT2D eigenvalue weighted by Crippen LogP contribution is 2.39. The molecule has 1 saturated heterocycles. The van der Waals surface area contributed by atoms with Gasteiger partial charge < -0.3 is 25.0 Å². The van der Waals surface area contributed by atoms with Crippen LogP contribution in [0, 0.1) is 0 Å². The fourth-order valence-corrected chi connectivity index (χ4v) is 8.00. The number of halogens is 4. The number of amidine groups is 1. The zero-order chi connectivity index (χ0) is 45.0. The van der Waals surface area contributed by atoms with Crippen LogP contribution in [0.4, 0.5) is 22.7 Å². The number of hydrogen-bond donors (Lipinski definition) is 4. The van der Waals surface area contributed by atoms with Gasteiger partial charge in [0, 0.05) is 22.3 Å². The number of azo groups is 1. The highest BCUT2D eigenvalue weighted by molar-refractivity contribution is 6.43. The summed E-state index contributed by atoms with van der Waals surface area (Å²) in [6.45, 7) is 8.21. The number of aromatic hydroxyl groups is 2.